The Bertz CT molecular complexity index is 701. The van der Waals surface area contributed by atoms with Crippen molar-refractivity contribution in [3.63, 3.8) is 0 Å². The van der Waals surface area contributed by atoms with Crippen LogP contribution in [0.25, 0.3) is 0 Å². The van der Waals surface area contributed by atoms with Crippen LogP contribution in [0, 0.1) is 5.41 Å². The Kier molecular flexibility index (Phi) is 4.89. The van der Waals surface area contributed by atoms with Gasteiger partial charge in [0.15, 0.2) is 0 Å². The van der Waals surface area contributed by atoms with Crippen molar-refractivity contribution in [3.8, 4) is 0 Å². The van der Waals surface area contributed by atoms with Gasteiger partial charge in [-0.05, 0) is 30.5 Å². The zero-order valence-electron chi connectivity index (χ0n) is 12.9. The molecule has 1 atom stereocenters. The summed E-state index contributed by atoms with van der Waals surface area (Å²) >= 11 is 0. The van der Waals surface area contributed by atoms with Gasteiger partial charge in [0, 0.05) is 25.8 Å². The molecule has 0 aliphatic carbocycles. The molecule has 3 aliphatic heterocycles. The van der Waals surface area contributed by atoms with E-state index in [1.54, 1.807) is 23.3 Å². The molecule has 0 aromatic carbocycles. The number of nitrogens with two attached hydrogens (primary N) is 1. The quantitative estimate of drug-likeness (QED) is 0.753. The second kappa shape index (κ2) is 6.26. The van der Waals surface area contributed by atoms with Gasteiger partial charge in [-0.15, -0.1) is 16.8 Å². The maximum absolute atomic E-state index is 12.6. The third-order valence-electron chi connectivity index (χ3n) is 4.41. The topological polar surface area (TPSA) is 96.1 Å². The lowest BCUT2D eigenvalue weighted by Gasteiger charge is -2.28. The van der Waals surface area contributed by atoms with Crippen molar-refractivity contribution in [3.05, 3.63) is 23.9 Å². The molecular weight excluding hydrogens is 340 g/mol. The summed E-state index contributed by atoms with van der Waals surface area (Å²) in [7, 11) is -3.37. The molecule has 0 saturated carbocycles. The van der Waals surface area contributed by atoms with E-state index in [4.69, 9.17) is 5.73 Å². The molecule has 0 aromatic rings. The lowest BCUT2D eigenvalue weighted by molar-refractivity contribution is -0.126. The number of hydrogen-bond acceptors (Lipinski definition) is 5. The van der Waals surface area contributed by atoms with E-state index < -0.39 is 10.0 Å². The Morgan fingerprint density at radius 2 is 2.13 bits per heavy atom. The smallest absolute Gasteiger partial charge is 0.256 e. The molecule has 2 N–H and O–H groups in total. The fourth-order valence-electron chi connectivity index (χ4n) is 2.87. The number of hydrogen-bond donors (Lipinski definition) is 1. The number of carbonyl (C=O) groups is 1. The monoisotopic (exact) mass is 360 g/mol. The SMILES string of the molecule is CC1(CN)CCN(C(=O)C2=CN3CCS(=O)(=O)N=C3C=C2)C1.Cl. The minimum absolute atomic E-state index is 0. The first-order valence-electron chi connectivity index (χ1n) is 7.30. The van der Waals surface area contributed by atoms with Crippen molar-refractivity contribution in [2.75, 3.05) is 31.9 Å². The number of carbonyl (C=O) groups excluding carboxylic acids is 1. The predicted molar refractivity (Wildman–Crippen MR) is 90.8 cm³/mol. The summed E-state index contributed by atoms with van der Waals surface area (Å²) in [6, 6.07) is 0. The zero-order chi connectivity index (χ0) is 16.0. The standard InChI is InChI=1S/C14H20N4O3S.ClH/c1-14(9-15)4-5-18(10-14)13(19)11-2-3-12-16-22(20,21)7-6-17(12)8-11;/h2-3,8H,4-7,9-10,15H2,1H3;1H. The summed E-state index contributed by atoms with van der Waals surface area (Å²) in [5, 5.41) is 0. The van der Waals surface area contributed by atoms with Crippen LogP contribution in [0.4, 0.5) is 0 Å². The van der Waals surface area contributed by atoms with E-state index in [9.17, 15) is 13.2 Å². The first-order chi connectivity index (χ1) is 10.3. The van der Waals surface area contributed by atoms with Crippen LogP contribution in [0.1, 0.15) is 13.3 Å². The van der Waals surface area contributed by atoms with Crippen molar-refractivity contribution < 1.29 is 13.2 Å². The van der Waals surface area contributed by atoms with Crippen LogP contribution < -0.4 is 5.73 Å². The molecule has 0 spiro atoms. The zero-order valence-corrected chi connectivity index (χ0v) is 14.6. The Morgan fingerprint density at radius 1 is 1.39 bits per heavy atom. The van der Waals surface area contributed by atoms with Gasteiger partial charge in [0.1, 0.15) is 5.84 Å². The number of sulfonamides is 1. The number of amides is 1. The minimum Gasteiger partial charge on any atom is -0.338 e. The number of fused-ring (bicyclic) bond motifs is 1. The van der Waals surface area contributed by atoms with Crippen molar-refractivity contribution in [1.82, 2.24) is 9.80 Å². The summed E-state index contributed by atoms with van der Waals surface area (Å²) in [5.41, 5.74) is 6.32. The van der Waals surface area contributed by atoms with Crippen LogP contribution in [0.15, 0.2) is 28.3 Å². The summed E-state index contributed by atoms with van der Waals surface area (Å²) in [4.78, 5) is 16.1. The summed E-state index contributed by atoms with van der Waals surface area (Å²) in [6.45, 7) is 4.33. The number of nitrogens with zero attached hydrogens (tertiary/aromatic N) is 3. The van der Waals surface area contributed by atoms with Gasteiger partial charge < -0.3 is 15.5 Å². The van der Waals surface area contributed by atoms with Gasteiger partial charge in [-0.25, -0.2) is 8.42 Å². The van der Waals surface area contributed by atoms with Gasteiger partial charge in [0.25, 0.3) is 15.9 Å². The lowest BCUT2D eigenvalue weighted by Crippen LogP contribution is -2.39. The van der Waals surface area contributed by atoms with Crippen LogP contribution in [-0.4, -0.2) is 61.9 Å². The molecule has 1 unspecified atom stereocenters. The lowest BCUT2D eigenvalue weighted by atomic mass is 9.90. The molecule has 3 aliphatic rings. The van der Waals surface area contributed by atoms with Crippen molar-refractivity contribution >= 4 is 34.2 Å². The van der Waals surface area contributed by atoms with Crippen molar-refractivity contribution in [1.29, 1.82) is 0 Å². The second-order valence-electron chi connectivity index (χ2n) is 6.34. The number of rotatable bonds is 2. The number of likely N-dealkylation sites (tertiary alicyclic amines) is 1. The number of amidine groups is 1. The average Bonchev–Trinajstić information content (AvgIpc) is 2.88. The molecule has 0 radical (unpaired) electrons. The molecule has 3 heterocycles. The first kappa shape index (κ1) is 18.0. The Labute approximate surface area is 142 Å². The van der Waals surface area contributed by atoms with E-state index >= 15 is 0 Å². The first-order valence-corrected chi connectivity index (χ1v) is 8.91. The molecule has 3 rings (SSSR count). The molecule has 9 heteroatoms. The van der Waals surface area contributed by atoms with E-state index in [1.807, 2.05) is 4.90 Å². The molecule has 23 heavy (non-hydrogen) atoms. The molecule has 0 bridgehead atoms. The third-order valence-corrected chi connectivity index (χ3v) is 5.57. The van der Waals surface area contributed by atoms with Crippen molar-refractivity contribution in [2.45, 2.75) is 13.3 Å². The second-order valence-corrected chi connectivity index (χ2v) is 8.09. The summed E-state index contributed by atoms with van der Waals surface area (Å²) in [5.74, 6) is 0.300. The molecule has 1 saturated heterocycles. The molecule has 0 aromatic heterocycles. The predicted octanol–water partition coefficient (Wildman–Crippen LogP) is 0.103. The Morgan fingerprint density at radius 3 is 2.78 bits per heavy atom. The average molecular weight is 361 g/mol. The van der Waals surface area contributed by atoms with Crippen molar-refractivity contribution in [2.24, 2.45) is 15.5 Å². The molecule has 1 amide bonds. The largest absolute Gasteiger partial charge is 0.338 e. The summed E-state index contributed by atoms with van der Waals surface area (Å²) in [6.07, 6.45) is 5.81. The third kappa shape index (κ3) is 3.59. The highest BCUT2D eigenvalue weighted by atomic mass is 35.5. The van der Waals surface area contributed by atoms with Gasteiger partial charge in [-0.3, -0.25) is 4.79 Å². The maximum atomic E-state index is 12.6. The van der Waals surface area contributed by atoms with Gasteiger partial charge in [-0.2, -0.15) is 0 Å². The van der Waals surface area contributed by atoms with Crippen LogP contribution in [0.3, 0.4) is 0 Å². The van der Waals surface area contributed by atoms with E-state index in [0.717, 1.165) is 6.42 Å². The van der Waals surface area contributed by atoms with Crippen LogP contribution in [0.5, 0.6) is 0 Å². The fraction of sp³-hybridized carbons (Fsp3) is 0.571. The highest BCUT2D eigenvalue weighted by Crippen LogP contribution is 2.30. The van der Waals surface area contributed by atoms with Crippen LogP contribution in [0.2, 0.25) is 0 Å². The van der Waals surface area contributed by atoms with Gasteiger partial charge in [0.05, 0.1) is 11.3 Å². The van der Waals surface area contributed by atoms with E-state index in [-0.39, 0.29) is 29.5 Å². The highest BCUT2D eigenvalue weighted by molar-refractivity contribution is 7.90. The van der Waals surface area contributed by atoms with Gasteiger partial charge in [0.2, 0.25) is 0 Å². The Balaban J connectivity index is 0.00000192. The van der Waals surface area contributed by atoms with Gasteiger partial charge >= 0.3 is 0 Å². The number of halogens is 1. The summed E-state index contributed by atoms with van der Waals surface area (Å²) < 4.78 is 26.7. The van der Waals surface area contributed by atoms with Crippen LogP contribution in [-0.2, 0) is 14.8 Å². The van der Waals surface area contributed by atoms with Gasteiger partial charge in [-0.1, -0.05) is 6.92 Å². The normalized spacial score (nSPS) is 28.6. The minimum atomic E-state index is -3.37. The van der Waals surface area contributed by atoms with E-state index in [2.05, 4.69) is 11.3 Å². The maximum Gasteiger partial charge on any atom is 0.256 e. The molecule has 7 nitrogen and oxygen atoms in total. The molecule has 128 valence electrons. The Hall–Kier alpha value is -1.38. The molecular formula is C14H21ClN4O3S. The molecule has 1 fully saturated rings. The van der Waals surface area contributed by atoms with E-state index in [1.165, 1.54) is 0 Å². The fourth-order valence-corrected chi connectivity index (χ4v) is 3.84. The highest BCUT2D eigenvalue weighted by Gasteiger charge is 2.36. The van der Waals surface area contributed by atoms with E-state index in [0.29, 0.717) is 37.6 Å². The van der Waals surface area contributed by atoms with Crippen LogP contribution >= 0.6 is 12.4 Å².